The molecule has 2 atom stereocenters. The third kappa shape index (κ3) is 5.22. The van der Waals surface area contributed by atoms with Crippen molar-refractivity contribution in [2.24, 2.45) is 4.99 Å². The molecule has 2 unspecified atom stereocenters. The van der Waals surface area contributed by atoms with Gasteiger partial charge in [-0.25, -0.2) is 0 Å². The van der Waals surface area contributed by atoms with Crippen LogP contribution >= 0.6 is 46.9 Å². The van der Waals surface area contributed by atoms with Gasteiger partial charge in [0.1, 0.15) is 11.9 Å². The van der Waals surface area contributed by atoms with Gasteiger partial charge in [-0.2, -0.15) is 0 Å². The van der Waals surface area contributed by atoms with Crippen LogP contribution in [-0.2, 0) is 0 Å². The van der Waals surface area contributed by atoms with Crippen molar-refractivity contribution in [3.63, 3.8) is 0 Å². The number of thiophene rings is 1. The van der Waals surface area contributed by atoms with Crippen molar-refractivity contribution in [2.75, 3.05) is 20.2 Å². The van der Waals surface area contributed by atoms with Gasteiger partial charge in [-0.1, -0.05) is 29.8 Å². The number of aliphatic imine (C=N–C) groups is 1. The lowest BCUT2D eigenvalue weighted by Crippen LogP contribution is -2.42. The Labute approximate surface area is 173 Å². The lowest BCUT2D eigenvalue weighted by atomic mass is 10.0. The summed E-state index contributed by atoms with van der Waals surface area (Å²) < 4.78 is 6.35. The van der Waals surface area contributed by atoms with Crippen molar-refractivity contribution in [1.82, 2.24) is 10.6 Å². The van der Waals surface area contributed by atoms with Crippen LogP contribution in [0.1, 0.15) is 29.0 Å². The molecule has 0 amide bonds. The molecule has 1 aromatic carbocycles. The van der Waals surface area contributed by atoms with Crippen LogP contribution < -0.4 is 15.4 Å². The third-order valence-electron chi connectivity index (χ3n) is 3.88. The van der Waals surface area contributed by atoms with Gasteiger partial charge in [0.2, 0.25) is 0 Å². The Morgan fingerprint density at radius 3 is 2.92 bits per heavy atom. The van der Waals surface area contributed by atoms with Gasteiger partial charge in [0.05, 0.1) is 17.0 Å². The zero-order chi connectivity index (χ0) is 16.9. The highest BCUT2D eigenvalue weighted by molar-refractivity contribution is 14.0. The largest absolute Gasteiger partial charge is 0.493 e. The number of aliphatic hydroxyl groups excluding tert-OH is 1. The van der Waals surface area contributed by atoms with E-state index in [1.165, 1.54) is 11.3 Å². The number of aliphatic hydroxyl groups is 1. The average Bonchev–Trinajstić information content (AvgIpc) is 3.05. The van der Waals surface area contributed by atoms with E-state index in [1.54, 1.807) is 13.1 Å². The van der Waals surface area contributed by atoms with Crippen LogP contribution in [0, 0.1) is 0 Å². The molecule has 136 valence electrons. The van der Waals surface area contributed by atoms with Gasteiger partial charge in [0.15, 0.2) is 5.96 Å². The van der Waals surface area contributed by atoms with Gasteiger partial charge < -0.3 is 20.5 Å². The Bertz CT molecular complexity index is 725. The van der Waals surface area contributed by atoms with Gasteiger partial charge in [-0.05, 0) is 18.2 Å². The number of rotatable bonds is 4. The van der Waals surface area contributed by atoms with E-state index in [-0.39, 0.29) is 30.0 Å². The predicted molar refractivity (Wildman–Crippen MR) is 113 cm³/mol. The molecule has 1 aromatic heterocycles. The number of para-hydroxylation sites is 1. The Hall–Kier alpha value is -1.03. The van der Waals surface area contributed by atoms with Crippen molar-refractivity contribution in [1.29, 1.82) is 0 Å². The first-order chi connectivity index (χ1) is 11.7. The Balaban J connectivity index is 0.00000225. The molecular formula is C17H21ClIN3O2S. The van der Waals surface area contributed by atoms with Crippen LogP contribution in [0.3, 0.4) is 0 Å². The molecule has 0 fully saturated rings. The lowest BCUT2D eigenvalue weighted by Gasteiger charge is -2.28. The maximum Gasteiger partial charge on any atom is 0.191 e. The topological polar surface area (TPSA) is 65.9 Å². The second kappa shape index (κ2) is 9.61. The highest BCUT2D eigenvalue weighted by atomic mass is 127. The van der Waals surface area contributed by atoms with Crippen LogP contribution in [0.2, 0.25) is 4.34 Å². The number of benzene rings is 1. The number of guanidine groups is 1. The molecule has 0 saturated heterocycles. The molecule has 0 spiro atoms. The number of hydrogen-bond donors (Lipinski definition) is 3. The van der Waals surface area contributed by atoms with Crippen molar-refractivity contribution in [3.05, 3.63) is 51.2 Å². The normalized spacial score (nSPS) is 17.7. The number of hydrogen-bond acceptors (Lipinski definition) is 4. The van der Waals surface area contributed by atoms with Gasteiger partial charge in [-0.3, -0.25) is 4.99 Å². The minimum absolute atomic E-state index is 0. The molecule has 1 aliphatic heterocycles. The molecular weight excluding hydrogens is 473 g/mol. The van der Waals surface area contributed by atoms with Gasteiger partial charge in [0.25, 0.3) is 0 Å². The van der Waals surface area contributed by atoms with Crippen LogP contribution in [0.5, 0.6) is 5.75 Å². The zero-order valence-electron chi connectivity index (χ0n) is 13.7. The van der Waals surface area contributed by atoms with E-state index < -0.39 is 6.10 Å². The van der Waals surface area contributed by atoms with Gasteiger partial charge >= 0.3 is 0 Å². The van der Waals surface area contributed by atoms with Crippen LogP contribution in [0.4, 0.5) is 0 Å². The fraction of sp³-hybridized carbons (Fsp3) is 0.353. The molecule has 25 heavy (non-hydrogen) atoms. The minimum atomic E-state index is -0.622. The quantitative estimate of drug-likeness (QED) is 0.345. The van der Waals surface area contributed by atoms with E-state index in [0.29, 0.717) is 23.4 Å². The van der Waals surface area contributed by atoms with Crippen molar-refractivity contribution in [2.45, 2.75) is 18.6 Å². The molecule has 0 bridgehead atoms. The fourth-order valence-corrected chi connectivity index (χ4v) is 3.70. The molecule has 0 saturated carbocycles. The zero-order valence-corrected chi connectivity index (χ0v) is 17.6. The Morgan fingerprint density at radius 1 is 1.40 bits per heavy atom. The summed E-state index contributed by atoms with van der Waals surface area (Å²) >= 11 is 7.29. The standard InChI is InChI=1S/C17H20ClN3O2S.HI/c1-19-17(20-10-13(22)15-6-7-16(18)24-15)21-12-8-9-23-14-5-3-2-4-11(12)14;/h2-7,12-13,22H,8-10H2,1H3,(H2,19,20,21);1H. The van der Waals surface area contributed by atoms with Crippen molar-refractivity contribution < 1.29 is 9.84 Å². The van der Waals surface area contributed by atoms with E-state index in [1.807, 2.05) is 24.3 Å². The van der Waals surface area contributed by atoms with E-state index in [0.717, 1.165) is 22.6 Å². The first kappa shape index (κ1) is 20.3. The molecule has 0 aliphatic carbocycles. The highest BCUT2D eigenvalue weighted by Crippen LogP contribution is 2.31. The number of nitrogens with one attached hydrogen (secondary N) is 2. The molecule has 1 aliphatic rings. The molecule has 2 heterocycles. The molecule has 3 N–H and O–H groups in total. The minimum Gasteiger partial charge on any atom is -0.493 e. The van der Waals surface area contributed by atoms with Crippen molar-refractivity contribution >= 4 is 52.9 Å². The second-order valence-electron chi connectivity index (χ2n) is 5.48. The summed E-state index contributed by atoms with van der Waals surface area (Å²) in [6, 6.07) is 11.8. The van der Waals surface area contributed by atoms with E-state index in [4.69, 9.17) is 16.3 Å². The lowest BCUT2D eigenvalue weighted by molar-refractivity contribution is 0.184. The maximum absolute atomic E-state index is 10.2. The van der Waals surface area contributed by atoms with Crippen LogP contribution in [0.15, 0.2) is 41.4 Å². The SMILES string of the molecule is CN=C(NCC(O)c1ccc(Cl)s1)NC1CCOc2ccccc21.I. The van der Waals surface area contributed by atoms with Gasteiger partial charge in [0, 0.05) is 30.5 Å². The number of fused-ring (bicyclic) bond motifs is 1. The monoisotopic (exact) mass is 493 g/mol. The maximum atomic E-state index is 10.2. The van der Waals surface area contributed by atoms with Crippen molar-refractivity contribution in [3.8, 4) is 5.75 Å². The third-order valence-corrected chi connectivity index (χ3v) is 5.21. The summed E-state index contributed by atoms with van der Waals surface area (Å²) in [4.78, 5) is 5.08. The predicted octanol–water partition coefficient (Wildman–Crippen LogP) is 3.74. The second-order valence-corrected chi connectivity index (χ2v) is 7.23. The summed E-state index contributed by atoms with van der Waals surface area (Å²) in [5.41, 5.74) is 1.12. The van der Waals surface area contributed by atoms with Crippen LogP contribution in [0.25, 0.3) is 0 Å². The Morgan fingerprint density at radius 2 is 2.20 bits per heavy atom. The highest BCUT2D eigenvalue weighted by Gasteiger charge is 2.22. The number of nitrogens with zero attached hydrogens (tertiary/aromatic N) is 1. The van der Waals surface area contributed by atoms with Crippen LogP contribution in [-0.4, -0.2) is 31.3 Å². The molecule has 5 nitrogen and oxygen atoms in total. The summed E-state index contributed by atoms with van der Waals surface area (Å²) in [7, 11) is 1.72. The first-order valence-electron chi connectivity index (χ1n) is 7.79. The molecule has 0 radical (unpaired) electrons. The summed E-state index contributed by atoms with van der Waals surface area (Å²) in [5, 5.41) is 16.8. The Kier molecular flexibility index (Phi) is 7.80. The smallest absolute Gasteiger partial charge is 0.191 e. The molecule has 8 heteroatoms. The van der Waals surface area contributed by atoms with E-state index in [2.05, 4.69) is 21.7 Å². The summed E-state index contributed by atoms with van der Waals surface area (Å²) in [6.45, 7) is 1.03. The summed E-state index contributed by atoms with van der Waals surface area (Å²) in [5.74, 6) is 1.56. The summed E-state index contributed by atoms with van der Waals surface area (Å²) in [6.07, 6.45) is 0.240. The fourth-order valence-electron chi connectivity index (χ4n) is 2.65. The number of ether oxygens (including phenoxy) is 1. The van der Waals surface area contributed by atoms with Gasteiger partial charge in [-0.15, -0.1) is 35.3 Å². The average molecular weight is 494 g/mol. The molecule has 2 aromatic rings. The number of halogens is 2. The molecule has 3 rings (SSSR count). The first-order valence-corrected chi connectivity index (χ1v) is 8.99. The van der Waals surface area contributed by atoms with E-state index in [9.17, 15) is 5.11 Å². The van der Waals surface area contributed by atoms with E-state index >= 15 is 0 Å².